The Bertz CT molecular complexity index is 1390. The summed E-state index contributed by atoms with van der Waals surface area (Å²) in [6.07, 6.45) is -4.41. The zero-order valence-electron chi connectivity index (χ0n) is 18.6. The number of benzene rings is 2. The highest BCUT2D eigenvalue weighted by molar-refractivity contribution is 7.13. The first kappa shape index (κ1) is 23.0. The molecule has 1 atom stereocenters. The monoisotopic (exact) mass is 496 g/mol. The summed E-state index contributed by atoms with van der Waals surface area (Å²) >= 11 is 1.23. The highest BCUT2D eigenvalue weighted by Gasteiger charge is 2.44. The molecule has 0 radical (unpaired) electrons. The predicted octanol–water partition coefficient (Wildman–Crippen LogP) is 6.52. The SMILES string of the molecule is CC(C)(C(=O)Nc1nncs1)[C@H]1c2ccccc2Oc2nc(-c3ccc(C(F)(F)F)cc3)ccc21. The van der Waals surface area contributed by atoms with Crippen LogP contribution in [0.4, 0.5) is 18.3 Å². The van der Waals surface area contributed by atoms with Gasteiger partial charge in [0.2, 0.25) is 16.9 Å². The normalized spacial score (nSPS) is 15.1. The molecule has 0 spiro atoms. The second-order valence-electron chi connectivity index (χ2n) is 8.66. The molecular weight excluding hydrogens is 477 g/mol. The Morgan fingerprint density at radius 2 is 1.74 bits per heavy atom. The van der Waals surface area contributed by atoms with Crippen molar-refractivity contribution >= 4 is 22.4 Å². The van der Waals surface area contributed by atoms with Gasteiger partial charge in [0.25, 0.3) is 0 Å². The molecule has 1 aliphatic rings. The average molecular weight is 497 g/mol. The van der Waals surface area contributed by atoms with E-state index in [0.29, 0.717) is 33.6 Å². The van der Waals surface area contributed by atoms with Crippen LogP contribution < -0.4 is 10.1 Å². The summed E-state index contributed by atoms with van der Waals surface area (Å²) in [6.45, 7) is 3.67. The van der Waals surface area contributed by atoms with Crippen LogP contribution in [0, 0.1) is 5.41 Å². The van der Waals surface area contributed by atoms with Crippen LogP contribution in [0.1, 0.15) is 36.5 Å². The molecule has 5 rings (SSSR count). The van der Waals surface area contributed by atoms with Crippen molar-refractivity contribution in [2.45, 2.75) is 25.9 Å². The maximum atomic E-state index is 13.3. The molecule has 35 heavy (non-hydrogen) atoms. The van der Waals surface area contributed by atoms with Gasteiger partial charge in [0.1, 0.15) is 11.3 Å². The van der Waals surface area contributed by atoms with Crippen LogP contribution in [0.2, 0.25) is 0 Å². The number of rotatable bonds is 4. The molecule has 0 aliphatic carbocycles. The van der Waals surface area contributed by atoms with E-state index in [-0.39, 0.29) is 5.91 Å². The summed E-state index contributed by atoms with van der Waals surface area (Å²) in [5.41, 5.74) is 2.40. The largest absolute Gasteiger partial charge is 0.438 e. The summed E-state index contributed by atoms with van der Waals surface area (Å²) in [5.74, 6) is 0.236. The van der Waals surface area contributed by atoms with Crippen LogP contribution in [0.5, 0.6) is 11.6 Å². The molecule has 10 heteroatoms. The number of aromatic nitrogens is 3. The highest BCUT2D eigenvalue weighted by atomic mass is 32.1. The first-order chi connectivity index (χ1) is 16.6. The van der Waals surface area contributed by atoms with Crippen molar-refractivity contribution in [3.63, 3.8) is 0 Å². The fourth-order valence-corrected chi connectivity index (χ4v) is 4.66. The second-order valence-corrected chi connectivity index (χ2v) is 9.49. The maximum absolute atomic E-state index is 13.3. The Labute approximate surface area is 202 Å². The van der Waals surface area contributed by atoms with Crippen molar-refractivity contribution < 1.29 is 22.7 Å². The van der Waals surface area contributed by atoms with Crippen LogP contribution in [-0.4, -0.2) is 21.1 Å². The smallest absolute Gasteiger partial charge is 0.416 e. The lowest BCUT2D eigenvalue weighted by Crippen LogP contribution is -2.38. The Balaban J connectivity index is 1.55. The molecule has 4 aromatic rings. The van der Waals surface area contributed by atoms with Gasteiger partial charge < -0.3 is 10.1 Å². The van der Waals surface area contributed by atoms with E-state index in [1.54, 1.807) is 12.1 Å². The lowest BCUT2D eigenvalue weighted by molar-refractivity contribution is -0.137. The number of pyridine rings is 1. The van der Waals surface area contributed by atoms with E-state index in [4.69, 9.17) is 4.74 Å². The van der Waals surface area contributed by atoms with Gasteiger partial charge in [-0.2, -0.15) is 13.2 Å². The van der Waals surface area contributed by atoms with Gasteiger partial charge in [-0.25, -0.2) is 4.98 Å². The van der Waals surface area contributed by atoms with E-state index >= 15 is 0 Å². The van der Waals surface area contributed by atoms with Crippen molar-refractivity contribution in [3.05, 3.63) is 82.9 Å². The van der Waals surface area contributed by atoms with Crippen LogP contribution in [0.15, 0.2) is 66.2 Å². The molecule has 0 saturated carbocycles. The van der Waals surface area contributed by atoms with Gasteiger partial charge in [-0.1, -0.05) is 61.6 Å². The summed E-state index contributed by atoms with van der Waals surface area (Å²) in [7, 11) is 0. The Hall–Kier alpha value is -3.79. The number of halogens is 3. The van der Waals surface area contributed by atoms with E-state index < -0.39 is 23.1 Å². The third-order valence-electron chi connectivity index (χ3n) is 6.03. The molecule has 178 valence electrons. The minimum Gasteiger partial charge on any atom is -0.438 e. The standard InChI is InChI=1S/C25H19F3N4O2S/c1-24(2,22(33)31-23-32-29-13-35-23)20-16-5-3-4-6-19(16)34-21-17(20)11-12-18(30-21)14-7-9-15(10-8-14)25(26,27)28/h3-13,20H,1-2H3,(H,31,32,33)/t20-/m0/s1. The molecule has 3 heterocycles. The number of amides is 1. The molecule has 6 nitrogen and oxygen atoms in total. The zero-order valence-corrected chi connectivity index (χ0v) is 19.4. The third kappa shape index (κ3) is 4.25. The molecule has 0 bridgehead atoms. The zero-order chi connectivity index (χ0) is 24.8. The Kier molecular flexibility index (Phi) is 5.55. The minimum absolute atomic E-state index is 0.242. The molecule has 2 aromatic carbocycles. The van der Waals surface area contributed by atoms with Crippen LogP contribution in [-0.2, 0) is 11.0 Å². The molecule has 1 aliphatic heterocycles. The summed E-state index contributed by atoms with van der Waals surface area (Å²) in [4.78, 5) is 17.9. The van der Waals surface area contributed by atoms with Gasteiger partial charge >= 0.3 is 6.18 Å². The van der Waals surface area contributed by atoms with E-state index in [2.05, 4.69) is 20.5 Å². The number of nitrogens with zero attached hydrogens (tertiary/aromatic N) is 3. The third-order valence-corrected chi connectivity index (χ3v) is 6.64. The average Bonchev–Trinajstić information content (AvgIpc) is 3.34. The van der Waals surface area contributed by atoms with Crippen molar-refractivity contribution in [1.82, 2.24) is 15.2 Å². The molecule has 1 N–H and O–H groups in total. The van der Waals surface area contributed by atoms with Gasteiger partial charge in [0.05, 0.1) is 16.7 Å². The van der Waals surface area contributed by atoms with E-state index in [1.807, 2.05) is 38.1 Å². The van der Waals surface area contributed by atoms with Crippen molar-refractivity contribution in [2.24, 2.45) is 5.41 Å². The topological polar surface area (TPSA) is 77.0 Å². The number of para-hydroxylation sites is 1. The Morgan fingerprint density at radius 1 is 1.00 bits per heavy atom. The summed E-state index contributed by atoms with van der Waals surface area (Å²) < 4.78 is 44.9. The number of anilines is 1. The predicted molar refractivity (Wildman–Crippen MR) is 125 cm³/mol. The lowest BCUT2D eigenvalue weighted by Gasteiger charge is -2.37. The Morgan fingerprint density at radius 3 is 2.43 bits per heavy atom. The van der Waals surface area contributed by atoms with Crippen LogP contribution >= 0.6 is 11.3 Å². The number of hydrogen-bond acceptors (Lipinski definition) is 6. The first-order valence-electron chi connectivity index (χ1n) is 10.7. The van der Waals surface area contributed by atoms with E-state index in [9.17, 15) is 18.0 Å². The number of alkyl halides is 3. The van der Waals surface area contributed by atoms with Gasteiger partial charge in [-0.3, -0.25) is 4.79 Å². The summed E-state index contributed by atoms with van der Waals surface area (Å²) in [6, 6.07) is 15.8. The van der Waals surface area contributed by atoms with E-state index in [1.165, 1.54) is 29.0 Å². The van der Waals surface area contributed by atoms with Gasteiger partial charge in [-0.15, -0.1) is 10.2 Å². The molecule has 0 unspecified atom stereocenters. The summed E-state index contributed by atoms with van der Waals surface area (Å²) in [5, 5.41) is 10.9. The molecule has 1 amide bonds. The molecular formula is C25H19F3N4O2S. The van der Waals surface area contributed by atoms with Crippen molar-refractivity contribution in [3.8, 4) is 22.9 Å². The maximum Gasteiger partial charge on any atom is 0.416 e. The van der Waals surface area contributed by atoms with Gasteiger partial charge in [-0.05, 0) is 24.3 Å². The quantitative estimate of drug-likeness (QED) is 0.348. The number of carbonyl (C=O) groups is 1. The second kappa shape index (κ2) is 8.46. The fraction of sp³-hybridized carbons (Fsp3) is 0.200. The lowest BCUT2D eigenvalue weighted by atomic mass is 9.69. The molecule has 0 saturated heterocycles. The van der Waals surface area contributed by atoms with E-state index in [0.717, 1.165) is 17.7 Å². The number of ether oxygens (including phenoxy) is 1. The van der Waals surface area contributed by atoms with Crippen molar-refractivity contribution in [2.75, 3.05) is 5.32 Å². The number of nitrogens with one attached hydrogen (secondary N) is 1. The number of fused-ring (bicyclic) bond motifs is 2. The van der Waals surface area contributed by atoms with Crippen LogP contribution in [0.25, 0.3) is 11.3 Å². The molecule has 2 aromatic heterocycles. The number of carbonyl (C=O) groups excluding carboxylic acids is 1. The highest BCUT2D eigenvalue weighted by Crippen LogP contribution is 2.52. The molecule has 0 fully saturated rings. The van der Waals surface area contributed by atoms with Gasteiger partial charge in [0.15, 0.2) is 0 Å². The van der Waals surface area contributed by atoms with Gasteiger partial charge in [0, 0.05) is 22.6 Å². The van der Waals surface area contributed by atoms with Crippen LogP contribution in [0.3, 0.4) is 0 Å². The first-order valence-corrected chi connectivity index (χ1v) is 11.6. The van der Waals surface area contributed by atoms with Crippen molar-refractivity contribution in [1.29, 1.82) is 0 Å². The minimum atomic E-state index is -4.41. The number of hydrogen-bond donors (Lipinski definition) is 1. The fourth-order valence-electron chi connectivity index (χ4n) is 4.22.